The van der Waals surface area contributed by atoms with Gasteiger partial charge in [0.05, 0.1) is 6.54 Å². The van der Waals surface area contributed by atoms with Gasteiger partial charge >= 0.3 is 0 Å². The van der Waals surface area contributed by atoms with Crippen molar-refractivity contribution in [2.75, 3.05) is 19.3 Å². The number of nitrogens with zero attached hydrogens (tertiary/aromatic N) is 1. The predicted octanol–water partition coefficient (Wildman–Crippen LogP) is 0.553. The lowest BCUT2D eigenvalue weighted by Crippen LogP contribution is -2.41. The van der Waals surface area contributed by atoms with Crippen molar-refractivity contribution in [3.05, 3.63) is 24.0 Å². The first-order valence-corrected chi connectivity index (χ1v) is 7.39. The Balaban J connectivity index is 2.98. The molecule has 3 N–H and O–H groups in total. The Bertz CT molecular complexity index is 602. The van der Waals surface area contributed by atoms with Crippen molar-refractivity contribution < 1.29 is 17.6 Å². The van der Waals surface area contributed by atoms with Crippen LogP contribution in [0.4, 0.5) is 10.1 Å². The minimum Gasteiger partial charge on any atom is -0.399 e. The second-order valence-corrected chi connectivity index (χ2v) is 6.69. The standard InChI is InChI=1S/C12H18FN3O3S/c1-8(2)15-12(17)7-16(3)20(18,19)11-6-9(14)4-5-10(11)13/h4-6,8H,7,14H2,1-3H3,(H,15,17). The number of anilines is 1. The Morgan fingerprint density at radius 3 is 2.60 bits per heavy atom. The van der Waals surface area contributed by atoms with Crippen molar-refractivity contribution in [1.82, 2.24) is 9.62 Å². The summed E-state index contributed by atoms with van der Waals surface area (Å²) >= 11 is 0. The van der Waals surface area contributed by atoms with Crippen molar-refractivity contribution >= 4 is 21.6 Å². The highest BCUT2D eigenvalue weighted by atomic mass is 32.2. The van der Waals surface area contributed by atoms with Crippen LogP contribution in [-0.4, -0.2) is 38.3 Å². The number of rotatable bonds is 5. The van der Waals surface area contributed by atoms with E-state index in [1.165, 1.54) is 13.1 Å². The monoisotopic (exact) mass is 303 g/mol. The highest BCUT2D eigenvalue weighted by molar-refractivity contribution is 7.89. The van der Waals surface area contributed by atoms with Crippen molar-refractivity contribution in [2.45, 2.75) is 24.8 Å². The van der Waals surface area contributed by atoms with E-state index < -0.39 is 33.2 Å². The minimum absolute atomic E-state index is 0.109. The Kier molecular flexibility index (Phi) is 5.07. The highest BCUT2D eigenvalue weighted by Gasteiger charge is 2.26. The number of likely N-dealkylation sites (N-methyl/N-ethyl adjacent to an activating group) is 1. The van der Waals surface area contributed by atoms with Crippen molar-refractivity contribution in [3.8, 4) is 0 Å². The SMILES string of the molecule is CC(C)NC(=O)CN(C)S(=O)(=O)c1cc(N)ccc1F. The molecule has 0 radical (unpaired) electrons. The number of carbonyl (C=O) groups is 1. The van der Waals surface area contributed by atoms with E-state index in [2.05, 4.69) is 5.32 Å². The van der Waals surface area contributed by atoms with Gasteiger partial charge in [-0.3, -0.25) is 4.79 Å². The first-order valence-electron chi connectivity index (χ1n) is 5.95. The summed E-state index contributed by atoms with van der Waals surface area (Å²) < 4.78 is 38.7. The van der Waals surface area contributed by atoms with Gasteiger partial charge in [-0.15, -0.1) is 0 Å². The Morgan fingerprint density at radius 2 is 2.05 bits per heavy atom. The van der Waals surface area contributed by atoms with E-state index in [0.29, 0.717) is 0 Å². The second kappa shape index (κ2) is 6.19. The average molecular weight is 303 g/mol. The number of benzene rings is 1. The predicted molar refractivity (Wildman–Crippen MR) is 73.9 cm³/mol. The summed E-state index contributed by atoms with van der Waals surface area (Å²) in [5.41, 5.74) is 5.59. The molecular formula is C12H18FN3O3S. The van der Waals surface area contributed by atoms with Gasteiger partial charge in [-0.05, 0) is 32.0 Å². The van der Waals surface area contributed by atoms with Crippen LogP contribution in [-0.2, 0) is 14.8 Å². The van der Waals surface area contributed by atoms with Crippen LogP contribution >= 0.6 is 0 Å². The highest BCUT2D eigenvalue weighted by Crippen LogP contribution is 2.20. The summed E-state index contributed by atoms with van der Waals surface area (Å²) in [4.78, 5) is 11.0. The Hall–Kier alpha value is -1.67. The third-order valence-electron chi connectivity index (χ3n) is 2.46. The normalized spacial score (nSPS) is 11.9. The summed E-state index contributed by atoms with van der Waals surface area (Å²) in [6.45, 7) is 3.11. The Labute approximate surface area is 117 Å². The zero-order valence-corrected chi connectivity index (χ0v) is 12.4. The van der Waals surface area contributed by atoms with Crippen molar-refractivity contribution in [2.24, 2.45) is 0 Å². The first kappa shape index (κ1) is 16.4. The lowest BCUT2D eigenvalue weighted by molar-refractivity contribution is -0.121. The smallest absolute Gasteiger partial charge is 0.246 e. The molecule has 1 aromatic rings. The molecule has 0 bridgehead atoms. The zero-order chi connectivity index (χ0) is 15.5. The molecule has 0 fully saturated rings. The van der Waals surface area contributed by atoms with Gasteiger partial charge < -0.3 is 11.1 Å². The number of nitrogens with one attached hydrogen (secondary N) is 1. The number of nitrogens with two attached hydrogens (primary N) is 1. The van der Waals surface area contributed by atoms with Crippen molar-refractivity contribution in [3.63, 3.8) is 0 Å². The van der Waals surface area contributed by atoms with E-state index in [1.54, 1.807) is 13.8 Å². The summed E-state index contributed by atoms with van der Waals surface area (Å²) in [6, 6.07) is 3.16. The molecule has 0 saturated carbocycles. The molecule has 20 heavy (non-hydrogen) atoms. The van der Waals surface area contributed by atoms with Crippen molar-refractivity contribution in [1.29, 1.82) is 0 Å². The molecule has 0 saturated heterocycles. The van der Waals surface area contributed by atoms with Gasteiger partial charge in [-0.2, -0.15) is 4.31 Å². The van der Waals surface area contributed by atoms with Gasteiger partial charge in [0.1, 0.15) is 10.7 Å². The largest absolute Gasteiger partial charge is 0.399 e. The molecule has 6 nitrogen and oxygen atoms in total. The number of carbonyl (C=O) groups excluding carboxylic acids is 1. The lowest BCUT2D eigenvalue weighted by atomic mass is 10.3. The molecule has 112 valence electrons. The molecule has 1 amide bonds. The molecule has 8 heteroatoms. The number of sulfonamides is 1. The van der Waals surface area contributed by atoms with Crippen LogP contribution in [0.5, 0.6) is 0 Å². The quantitative estimate of drug-likeness (QED) is 0.777. The van der Waals surface area contributed by atoms with E-state index >= 15 is 0 Å². The number of halogens is 1. The summed E-state index contributed by atoms with van der Waals surface area (Å²) in [7, 11) is -2.90. The van der Waals surface area contributed by atoms with Crippen LogP contribution < -0.4 is 11.1 Å². The maximum absolute atomic E-state index is 13.6. The molecule has 0 aliphatic rings. The molecule has 0 atom stereocenters. The number of hydrogen-bond acceptors (Lipinski definition) is 4. The van der Waals surface area contributed by atoms with Gasteiger partial charge in [-0.25, -0.2) is 12.8 Å². The summed E-state index contributed by atoms with van der Waals surface area (Å²) in [6.07, 6.45) is 0. The topological polar surface area (TPSA) is 92.5 Å². The third-order valence-corrected chi connectivity index (χ3v) is 4.28. The average Bonchev–Trinajstić information content (AvgIpc) is 2.30. The van der Waals surface area contributed by atoms with E-state index in [-0.39, 0.29) is 11.7 Å². The third kappa shape index (κ3) is 3.91. The number of hydrogen-bond donors (Lipinski definition) is 2. The Morgan fingerprint density at radius 1 is 1.45 bits per heavy atom. The first-order chi connectivity index (χ1) is 9.14. The fourth-order valence-corrected chi connectivity index (χ4v) is 2.76. The van der Waals surface area contributed by atoms with Crippen LogP contribution in [0.1, 0.15) is 13.8 Å². The number of nitrogen functional groups attached to an aromatic ring is 1. The minimum atomic E-state index is -4.11. The fourth-order valence-electron chi connectivity index (χ4n) is 1.54. The van der Waals surface area contributed by atoms with Gasteiger partial charge in [0.15, 0.2) is 0 Å². The molecule has 0 aliphatic heterocycles. The van der Waals surface area contributed by atoms with E-state index in [9.17, 15) is 17.6 Å². The second-order valence-electron chi connectivity index (χ2n) is 4.67. The molecule has 1 aromatic carbocycles. The molecule has 0 aromatic heterocycles. The summed E-state index contributed by atoms with van der Waals surface area (Å²) in [5.74, 6) is -1.37. The summed E-state index contributed by atoms with van der Waals surface area (Å²) in [5, 5.41) is 2.56. The molecule has 0 unspecified atom stereocenters. The molecule has 0 heterocycles. The van der Waals surface area contributed by atoms with Crippen LogP contribution in [0.3, 0.4) is 0 Å². The van der Waals surface area contributed by atoms with Gasteiger partial charge in [0, 0.05) is 18.8 Å². The maximum atomic E-state index is 13.6. The van der Waals surface area contributed by atoms with Gasteiger partial charge in [0.25, 0.3) is 0 Å². The van der Waals surface area contributed by atoms with E-state index in [4.69, 9.17) is 5.73 Å². The number of amides is 1. The molecule has 0 aliphatic carbocycles. The fraction of sp³-hybridized carbons (Fsp3) is 0.417. The van der Waals surface area contributed by atoms with E-state index in [1.807, 2.05) is 0 Å². The molecular weight excluding hydrogens is 285 g/mol. The van der Waals surface area contributed by atoms with Gasteiger partial charge in [-0.1, -0.05) is 0 Å². The van der Waals surface area contributed by atoms with Crippen LogP contribution in [0.25, 0.3) is 0 Å². The molecule has 1 rings (SSSR count). The lowest BCUT2D eigenvalue weighted by Gasteiger charge is -2.18. The van der Waals surface area contributed by atoms with Gasteiger partial charge in [0.2, 0.25) is 15.9 Å². The zero-order valence-electron chi connectivity index (χ0n) is 11.6. The molecule has 0 spiro atoms. The van der Waals surface area contributed by atoms with Crippen LogP contribution in [0.2, 0.25) is 0 Å². The van der Waals surface area contributed by atoms with Crippen LogP contribution in [0, 0.1) is 5.82 Å². The van der Waals surface area contributed by atoms with Crippen LogP contribution in [0.15, 0.2) is 23.1 Å². The van der Waals surface area contributed by atoms with E-state index in [0.717, 1.165) is 16.4 Å². The maximum Gasteiger partial charge on any atom is 0.246 e.